The monoisotopic (exact) mass is 351 g/mol. The second-order valence-electron chi connectivity index (χ2n) is 4.55. The van der Waals surface area contributed by atoms with Crippen molar-refractivity contribution in [1.29, 1.82) is 0 Å². The Bertz CT molecular complexity index is 598. The summed E-state index contributed by atoms with van der Waals surface area (Å²) in [6.45, 7) is 1.92. The van der Waals surface area contributed by atoms with Gasteiger partial charge in [0.25, 0.3) is 5.91 Å². The van der Waals surface area contributed by atoms with Gasteiger partial charge in [0, 0.05) is 15.9 Å². The van der Waals surface area contributed by atoms with E-state index in [1.165, 1.54) is 0 Å². The molecule has 0 saturated carbocycles. The van der Waals surface area contributed by atoms with Crippen molar-refractivity contribution in [3.8, 4) is 0 Å². The summed E-state index contributed by atoms with van der Waals surface area (Å²) in [5.74, 6) is -0.0986. The van der Waals surface area contributed by atoms with Crippen molar-refractivity contribution in [2.24, 2.45) is 0 Å². The summed E-state index contributed by atoms with van der Waals surface area (Å²) in [4.78, 5) is 12.2. The molecule has 104 valence electrons. The van der Waals surface area contributed by atoms with Crippen molar-refractivity contribution in [3.63, 3.8) is 0 Å². The van der Waals surface area contributed by atoms with Gasteiger partial charge in [-0.1, -0.05) is 57.9 Å². The second-order valence-corrected chi connectivity index (χ2v) is 5.52. The summed E-state index contributed by atoms with van der Waals surface area (Å²) in [6, 6.07) is 14.9. The second kappa shape index (κ2) is 6.91. The van der Waals surface area contributed by atoms with Gasteiger partial charge in [0.15, 0.2) is 0 Å². The Morgan fingerprint density at radius 3 is 2.45 bits per heavy atom. The van der Waals surface area contributed by atoms with Crippen molar-refractivity contribution in [1.82, 2.24) is 5.32 Å². The maximum Gasteiger partial charge on any atom is 0.251 e. The fraction of sp³-hybridized carbons (Fsp3) is 0.188. The molecule has 4 heteroatoms. The van der Waals surface area contributed by atoms with Crippen molar-refractivity contribution in [2.45, 2.75) is 18.3 Å². The molecule has 0 aromatic heterocycles. The number of hydrogen-bond acceptors (Lipinski definition) is 1. The van der Waals surface area contributed by atoms with E-state index in [9.17, 15) is 4.79 Å². The first-order valence-corrected chi connectivity index (χ1v) is 7.82. The lowest BCUT2D eigenvalue weighted by Gasteiger charge is -2.15. The molecule has 0 aliphatic heterocycles. The summed E-state index contributed by atoms with van der Waals surface area (Å²) in [5.41, 5.74) is 2.70. The van der Waals surface area contributed by atoms with E-state index in [2.05, 4.69) is 21.2 Å². The lowest BCUT2D eigenvalue weighted by molar-refractivity contribution is 0.0940. The van der Waals surface area contributed by atoms with E-state index in [-0.39, 0.29) is 11.9 Å². The van der Waals surface area contributed by atoms with Crippen LogP contribution in [0, 0.1) is 0 Å². The first kappa shape index (κ1) is 15.1. The summed E-state index contributed by atoms with van der Waals surface area (Å²) in [5, 5.41) is 4.40. The molecule has 1 atom stereocenters. The predicted octanol–water partition coefficient (Wildman–Crippen LogP) is 4.73. The van der Waals surface area contributed by atoms with Crippen LogP contribution in [-0.4, -0.2) is 5.91 Å². The zero-order valence-corrected chi connectivity index (χ0v) is 13.4. The molecule has 0 saturated heterocycles. The van der Waals surface area contributed by atoms with Gasteiger partial charge >= 0.3 is 0 Å². The minimum Gasteiger partial charge on any atom is -0.345 e. The molecule has 20 heavy (non-hydrogen) atoms. The number of benzene rings is 2. The minimum atomic E-state index is -0.132. The van der Waals surface area contributed by atoms with Crippen molar-refractivity contribution in [3.05, 3.63) is 70.2 Å². The van der Waals surface area contributed by atoms with E-state index < -0.39 is 0 Å². The van der Waals surface area contributed by atoms with Crippen LogP contribution in [0.3, 0.4) is 0 Å². The third kappa shape index (κ3) is 3.62. The number of nitrogens with one attached hydrogen (secondary N) is 1. The maximum absolute atomic E-state index is 12.2. The molecule has 2 nitrogen and oxygen atoms in total. The van der Waals surface area contributed by atoms with Crippen LogP contribution in [0.1, 0.15) is 34.5 Å². The third-order valence-electron chi connectivity index (χ3n) is 3.09. The van der Waals surface area contributed by atoms with Crippen LogP contribution in [0.25, 0.3) is 0 Å². The van der Waals surface area contributed by atoms with E-state index in [0.717, 1.165) is 16.5 Å². The fourth-order valence-corrected chi connectivity index (χ4v) is 2.60. The van der Waals surface area contributed by atoms with Crippen LogP contribution >= 0.6 is 27.5 Å². The number of hydrogen-bond donors (Lipinski definition) is 1. The Kier molecular flexibility index (Phi) is 5.21. The van der Waals surface area contributed by atoms with Gasteiger partial charge in [0.05, 0.1) is 6.04 Å². The van der Waals surface area contributed by atoms with Gasteiger partial charge in [-0.05, 0) is 36.2 Å². The highest BCUT2D eigenvalue weighted by Gasteiger charge is 2.13. The molecule has 2 aromatic carbocycles. The summed E-state index contributed by atoms with van der Waals surface area (Å²) < 4.78 is 0. The fourth-order valence-electron chi connectivity index (χ4n) is 1.93. The van der Waals surface area contributed by atoms with E-state index in [0.29, 0.717) is 10.6 Å². The quantitative estimate of drug-likeness (QED) is 0.792. The number of halogens is 2. The first-order chi connectivity index (χ1) is 9.61. The van der Waals surface area contributed by atoms with Crippen LogP contribution in [-0.2, 0) is 5.33 Å². The van der Waals surface area contributed by atoms with Gasteiger partial charge in [0.1, 0.15) is 0 Å². The summed E-state index contributed by atoms with van der Waals surface area (Å²) >= 11 is 9.51. The standard InChI is InChI=1S/C16H15BrClNO/c1-11(14-4-2-3-5-15(14)18)19-16(20)13-8-6-12(10-17)7-9-13/h2-9,11H,10H2,1H3,(H,19,20)/t11-/m1/s1. The smallest absolute Gasteiger partial charge is 0.251 e. The topological polar surface area (TPSA) is 29.1 Å². The molecule has 0 bridgehead atoms. The molecule has 0 aliphatic carbocycles. The van der Waals surface area contributed by atoms with E-state index >= 15 is 0 Å². The Morgan fingerprint density at radius 2 is 1.85 bits per heavy atom. The molecule has 0 unspecified atom stereocenters. The number of amides is 1. The Hall–Kier alpha value is -1.32. The average molecular weight is 353 g/mol. The van der Waals surface area contributed by atoms with Crippen LogP contribution < -0.4 is 5.32 Å². The highest BCUT2D eigenvalue weighted by Crippen LogP contribution is 2.22. The average Bonchev–Trinajstić information content (AvgIpc) is 2.47. The van der Waals surface area contributed by atoms with Crippen LogP contribution in [0.5, 0.6) is 0 Å². The molecule has 2 rings (SSSR count). The highest BCUT2D eigenvalue weighted by atomic mass is 79.9. The molecule has 0 heterocycles. The zero-order chi connectivity index (χ0) is 14.5. The van der Waals surface area contributed by atoms with E-state index in [1.54, 1.807) is 0 Å². The SMILES string of the molecule is C[C@@H](NC(=O)c1ccc(CBr)cc1)c1ccccc1Cl. The molecule has 0 fully saturated rings. The number of rotatable bonds is 4. The Morgan fingerprint density at radius 1 is 1.20 bits per heavy atom. The third-order valence-corrected chi connectivity index (χ3v) is 4.08. The molecule has 0 spiro atoms. The molecular formula is C16H15BrClNO. The Labute approximate surface area is 132 Å². The summed E-state index contributed by atoms with van der Waals surface area (Å²) in [6.07, 6.45) is 0. The lowest BCUT2D eigenvalue weighted by atomic mass is 10.1. The van der Waals surface area contributed by atoms with Gasteiger partial charge in [-0.3, -0.25) is 4.79 Å². The van der Waals surface area contributed by atoms with Crippen molar-refractivity contribution >= 4 is 33.4 Å². The highest BCUT2D eigenvalue weighted by molar-refractivity contribution is 9.08. The predicted molar refractivity (Wildman–Crippen MR) is 86.4 cm³/mol. The number of carbonyl (C=O) groups is 1. The van der Waals surface area contributed by atoms with Gasteiger partial charge < -0.3 is 5.32 Å². The first-order valence-electron chi connectivity index (χ1n) is 6.32. The van der Waals surface area contributed by atoms with Gasteiger partial charge in [-0.15, -0.1) is 0 Å². The van der Waals surface area contributed by atoms with E-state index in [4.69, 9.17) is 11.6 Å². The zero-order valence-electron chi connectivity index (χ0n) is 11.1. The number of carbonyl (C=O) groups excluding carboxylic acids is 1. The van der Waals surface area contributed by atoms with Gasteiger partial charge in [-0.25, -0.2) is 0 Å². The molecule has 0 radical (unpaired) electrons. The van der Waals surface area contributed by atoms with Gasteiger partial charge in [-0.2, -0.15) is 0 Å². The normalized spacial score (nSPS) is 11.9. The Balaban J connectivity index is 2.09. The molecular weight excluding hydrogens is 338 g/mol. The molecule has 2 aromatic rings. The van der Waals surface area contributed by atoms with Crippen LogP contribution in [0.2, 0.25) is 5.02 Å². The molecule has 0 aliphatic rings. The lowest BCUT2D eigenvalue weighted by Crippen LogP contribution is -2.26. The van der Waals surface area contributed by atoms with Crippen molar-refractivity contribution in [2.75, 3.05) is 0 Å². The van der Waals surface area contributed by atoms with Crippen molar-refractivity contribution < 1.29 is 4.79 Å². The van der Waals surface area contributed by atoms with E-state index in [1.807, 2.05) is 55.5 Å². The van der Waals surface area contributed by atoms with Crippen LogP contribution in [0.4, 0.5) is 0 Å². The summed E-state index contributed by atoms with van der Waals surface area (Å²) in [7, 11) is 0. The molecule has 1 N–H and O–H groups in total. The number of alkyl halides is 1. The largest absolute Gasteiger partial charge is 0.345 e. The minimum absolute atomic E-state index is 0.0986. The van der Waals surface area contributed by atoms with Crippen LogP contribution in [0.15, 0.2) is 48.5 Å². The maximum atomic E-state index is 12.2. The molecule has 1 amide bonds. The van der Waals surface area contributed by atoms with Gasteiger partial charge in [0.2, 0.25) is 0 Å².